The first-order valence-corrected chi connectivity index (χ1v) is 4.50. The first-order valence-electron chi connectivity index (χ1n) is 4.50. The van der Waals surface area contributed by atoms with Crippen LogP contribution in [0.2, 0.25) is 0 Å². The highest BCUT2D eigenvalue weighted by Gasteiger charge is 2.14. The van der Waals surface area contributed by atoms with Crippen molar-refractivity contribution in [2.24, 2.45) is 5.92 Å². The fourth-order valence-electron chi connectivity index (χ4n) is 1.66. The van der Waals surface area contributed by atoms with E-state index in [0.29, 0.717) is 0 Å². The number of hydrogen-bond donors (Lipinski definition) is 1. The van der Waals surface area contributed by atoms with Gasteiger partial charge in [0.2, 0.25) is 0 Å². The normalized spacial score (nSPS) is 18.2. The minimum absolute atomic E-state index is 0. The second-order valence-electron chi connectivity index (χ2n) is 3.34. The van der Waals surface area contributed by atoms with Gasteiger partial charge in [0.25, 0.3) is 0 Å². The van der Waals surface area contributed by atoms with Crippen molar-refractivity contribution in [1.29, 1.82) is 0 Å². The van der Waals surface area contributed by atoms with Gasteiger partial charge in [-0.25, -0.2) is 4.98 Å². The maximum Gasteiger partial charge on any atom is 0.0921 e. The number of nitrogens with one attached hydrogen (secondary N) is 1. The Morgan fingerprint density at radius 1 is 1.46 bits per heavy atom. The lowest BCUT2D eigenvalue weighted by Crippen LogP contribution is -2.17. The molecule has 0 bridgehead atoms. The predicted octanol–water partition coefficient (Wildman–Crippen LogP) is 1.80. The summed E-state index contributed by atoms with van der Waals surface area (Å²) in [4.78, 5) is 7.13. The highest BCUT2D eigenvalue weighted by Crippen LogP contribution is 2.18. The van der Waals surface area contributed by atoms with Crippen LogP contribution < -0.4 is 0 Å². The molecule has 0 aliphatic carbocycles. The van der Waals surface area contributed by atoms with E-state index in [1.54, 1.807) is 6.33 Å². The second-order valence-corrected chi connectivity index (χ2v) is 3.34. The number of nitrogens with zero attached hydrogens (tertiary/aromatic N) is 1. The molecule has 1 aliphatic rings. The minimum atomic E-state index is 0. The second kappa shape index (κ2) is 5.25. The average Bonchev–Trinajstić information content (AvgIpc) is 2.59. The fourth-order valence-corrected chi connectivity index (χ4v) is 1.66. The highest BCUT2D eigenvalue weighted by molar-refractivity contribution is 5.85. The van der Waals surface area contributed by atoms with E-state index in [1.807, 2.05) is 6.20 Å². The van der Waals surface area contributed by atoms with Crippen LogP contribution in [-0.4, -0.2) is 23.2 Å². The number of imidazole rings is 1. The van der Waals surface area contributed by atoms with Crippen molar-refractivity contribution < 1.29 is 4.74 Å². The molecule has 1 aliphatic heterocycles. The molecular weight excluding hydrogens is 188 g/mol. The predicted molar refractivity (Wildman–Crippen MR) is 53.1 cm³/mol. The van der Waals surface area contributed by atoms with Crippen molar-refractivity contribution in [3.8, 4) is 0 Å². The van der Waals surface area contributed by atoms with E-state index < -0.39 is 0 Å². The van der Waals surface area contributed by atoms with Gasteiger partial charge >= 0.3 is 0 Å². The molecule has 2 rings (SSSR count). The van der Waals surface area contributed by atoms with Crippen LogP contribution in [0.5, 0.6) is 0 Å². The first kappa shape index (κ1) is 10.5. The summed E-state index contributed by atoms with van der Waals surface area (Å²) < 4.78 is 5.29. The molecule has 0 saturated carbocycles. The SMILES string of the molecule is Cl.c1ncc(CC2CCOCC2)[nH]1. The van der Waals surface area contributed by atoms with Gasteiger partial charge in [-0.15, -0.1) is 12.4 Å². The Kier molecular flexibility index (Phi) is 4.25. The van der Waals surface area contributed by atoms with Crippen LogP contribution in [0.25, 0.3) is 0 Å². The lowest BCUT2D eigenvalue weighted by molar-refractivity contribution is 0.0663. The van der Waals surface area contributed by atoms with Gasteiger partial charge in [-0.05, 0) is 25.2 Å². The van der Waals surface area contributed by atoms with E-state index in [4.69, 9.17) is 4.74 Å². The Morgan fingerprint density at radius 2 is 2.23 bits per heavy atom. The summed E-state index contributed by atoms with van der Waals surface area (Å²) in [6, 6.07) is 0. The van der Waals surface area contributed by atoms with Crippen LogP contribution in [0.15, 0.2) is 12.5 Å². The molecule has 1 fully saturated rings. The largest absolute Gasteiger partial charge is 0.381 e. The van der Waals surface area contributed by atoms with Crippen molar-refractivity contribution in [3.05, 3.63) is 18.2 Å². The number of ether oxygens (including phenoxy) is 1. The van der Waals surface area contributed by atoms with Crippen LogP contribution in [0, 0.1) is 5.92 Å². The molecule has 0 unspecified atom stereocenters. The summed E-state index contributed by atoms with van der Waals surface area (Å²) >= 11 is 0. The summed E-state index contributed by atoms with van der Waals surface area (Å²) in [5.41, 5.74) is 1.25. The molecule has 1 saturated heterocycles. The molecule has 0 amide bonds. The summed E-state index contributed by atoms with van der Waals surface area (Å²) in [6.45, 7) is 1.86. The molecule has 2 heterocycles. The monoisotopic (exact) mass is 202 g/mol. The summed E-state index contributed by atoms with van der Waals surface area (Å²) in [6.07, 6.45) is 7.17. The summed E-state index contributed by atoms with van der Waals surface area (Å²) in [7, 11) is 0. The number of rotatable bonds is 2. The van der Waals surface area contributed by atoms with Gasteiger partial charge in [-0.3, -0.25) is 0 Å². The fraction of sp³-hybridized carbons (Fsp3) is 0.667. The van der Waals surface area contributed by atoms with E-state index in [0.717, 1.165) is 25.6 Å². The van der Waals surface area contributed by atoms with Gasteiger partial charge in [-0.2, -0.15) is 0 Å². The number of halogens is 1. The Hall–Kier alpha value is -0.540. The molecule has 0 aromatic carbocycles. The van der Waals surface area contributed by atoms with Gasteiger partial charge in [0.05, 0.1) is 6.33 Å². The smallest absolute Gasteiger partial charge is 0.0921 e. The van der Waals surface area contributed by atoms with Crippen molar-refractivity contribution in [3.63, 3.8) is 0 Å². The maximum atomic E-state index is 5.29. The lowest BCUT2D eigenvalue weighted by Gasteiger charge is -2.20. The van der Waals surface area contributed by atoms with Crippen molar-refractivity contribution >= 4 is 12.4 Å². The molecule has 0 spiro atoms. The number of H-pyrrole nitrogens is 1. The number of aromatic nitrogens is 2. The molecule has 0 radical (unpaired) electrons. The van der Waals surface area contributed by atoms with Gasteiger partial charge in [0.1, 0.15) is 0 Å². The van der Waals surface area contributed by atoms with Crippen LogP contribution >= 0.6 is 12.4 Å². The molecule has 13 heavy (non-hydrogen) atoms. The number of hydrogen-bond acceptors (Lipinski definition) is 2. The molecule has 3 nitrogen and oxygen atoms in total. The third-order valence-electron chi connectivity index (χ3n) is 2.40. The third-order valence-corrected chi connectivity index (χ3v) is 2.40. The lowest BCUT2D eigenvalue weighted by atomic mass is 9.95. The van der Waals surface area contributed by atoms with Gasteiger partial charge < -0.3 is 9.72 Å². The van der Waals surface area contributed by atoms with Crippen LogP contribution in [0.4, 0.5) is 0 Å². The van der Waals surface area contributed by atoms with E-state index >= 15 is 0 Å². The standard InChI is InChI=1S/C9H14N2O.ClH/c1-3-12-4-2-8(1)5-9-6-10-7-11-9;/h6-8H,1-5H2,(H,10,11);1H. The highest BCUT2D eigenvalue weighted by atomic mass is 35.5. The molecule has 1 aromatic rings. The quantitative estimate of drug-likeness (QED) is 0.794. The summed E-state index contributed by atoms with van der Waals surface area (Å²) in [5.74, 6) is 0.791. The Balaban J connectivity index is 0.000000845. The van der Waals surface area contributed by atoms with Crippen LogP contribution in [0.3, 0.4) is 0 Å². The van der Waals surface area contributed by atoms with Crippen molar-refractivity contribution in [2.45, 2.75) is 19.3 Å². The van der Waals surface area contributed by atoms with E-state index in [9.17, 15) is 0 Å². The van der Waals surface area contributed by atoms with E-state index in [-0.39, 0.29) is 12.4 Å². The molecule has 4 heteroatoms. The van der Waals surface area contributed by atoms with E-state index in [1.165, 1.54) is 18.5 Å². The molecule has 1 aromatic heterocycles. The Labute approximate surface area is 84.3 Å². The first-order chi connectivity index (χ1) is 5.95. The van der Waals surface area contributed by atoms with Crippen molar-refractivity contribution in [2.75, 3.05) is 13.2 Å². The van der Waals surface area contributed by atoms with Gasteiger partial charge in [-0.1, -0.05) is 0 Å². The van der Waals surface area contributed by atoms with Gasteiger partial charge in [0, 0.05) is 25.1 Å². The number of aromatic amines is 1. The minimum Gasteiger partial charge on any atom is -0.381 e. The van der Waals surface area contributed by atoms with E-state index in [2.05, 4.69) is 9.97 Å². The molecule has 0 atom stereocenters. The maximum absolute atomic E-state index is 5.29. The van der Waals surface area contributed by atoms with Crippen molar-refractivity contribution in [1.82, 2.24) is 9.97 Å². The zero-order valence-electron chi connectivity index (χ0n) is 7.53. The summed E-state index contributed by atoms with van der Waals surface area (Å²) in [5, 5.41) is 0. The Bertz CT molecular complexity index is 220. The zero-order valence-corrected chi connectivity index (χ0v) is 8.35. The van der Waals surface area contributed by atoms with Crippen LogP contribution in [-0.2, 0) is 11.2 Å². The molecule has 1 N–H and O–H groups in total. The molecular formula is C9H15ClN2O. The average molecular weight is 203 g/mol. The Morgan fingerprint density at radius 3 is 2.85 bits per heavy atom. The van der Waals surface area contributed by atoms with Crippen LogP contribution in [0.1, 0.15) is 18.5 Å². The zero-order chi connectivity index (χ0) is 8.23. The molecule has 74 valence electrons. The third kappa shape index (κ3) is 3.01. The topological polar surface area (TPSA) is 37.9 Å². The van der Waals surface area contributed by atoms with Gasteiger partial charge in [0.15, 0.2) is 0 Å².